The van der Waals surface area contributed by atoms with E-state index < -0.39 is 5.97 Å². The van der Waals surface area contributed by atoms with Crippen molar-refractivity contribution in [1.29, 1.82) is 0 Å². The number of hydrogen-bond donors (Lipinski definition) is 1. The Kier molecular flexibility index (Phi) is 5.49. The predicted molar refractivity (Wildman–Crippen MR) is 65.7 cm³/mol. The molecule has 0 aliphatic heterocycles. The van der Waals surface area contributed by atoms with Crippen molar-refractivity contribution < 1.29 is 14.6 Å². The molecule has 0 amide bonds. The number of carboxylic acid groups (broad SMARTS) is 1. The van der Waals surface area contributed by atoms with Crippen molar-refractivity contribution in [3.05, 3.63) is 33.8 Å². The predicted octanol–water partition coefficient (Wildman–Crippen LogP) is 3.46. The SMILES string of the molecule is CCCCOCc1cc(C(=O)O)ccc1Br. The maximum absolute atomic E-state index is 10.8. The third kappa shape index (κ3) is 3.94. The van der Waals surface area contributed by atoms with Gasteiger partial charge in [-0.3, -0.25) is 0 Å². The second kappa shape index (κ2) is 6.66. The van der Waals surface area contributed by atoms with E-state index in [1.54, 1.807) is 18.2 Å². The van der Waals surface area contributed by atoms with Gasteiger partial charge in [0.15, 0.2) is 0 Å². The van der Waals surface area contributed by atoms with Gasteiger partial charge in [-0.1, -0.05) is 29.3 Å². The number of halogens is 1. The fourth-order valence-corrected chi connectivity index (χ4v) is 1.61. The van der Waals surface area contributed by atoms with Crippen molar-refractivity contribution in [2.24, 2.45) is 0 Å². The van der Waals surface area contributed by atoms with Gasteiger partial charge in [0.2, 0.25) is 0 Å². The summed E-state index contributed by atoms with van der Waals surface area (Å²) in [6, 6.07) is 4.95. The molecule has 88 valence electrons. The summed E-state index contributed by atoms with van der Waals surface area (Å²) in [5.41, 5.74) is 1.16. The molecule has 0 fully saturated rings. The molecule has 0 aliphatic carbocycles. The minimum atomic E-state index is -0.915. The maximum atomic E-state index is 10.8. The largest absolute Gasteiger partial charge is 0.478 e. The van der Waals surface area contributed by atoms with Gasteiger partial charge in [-0.05, 0) is 30.2 Å². The lowest BCUT2D eigenvalue weighted by atomic mass is 10.1. The lowest BCUT2D eigenvalue weighted by molar-refractivity contribution is 0.0696. The van der Waals surface area contributed by atoms with Crippen LogP contribution in [0.3, 0.4) is 0 Å². The molecule has 0 spiro atoms. The first-order valence-corrected chi connectivity index (χ1v) is 6.04. The van der Waals surface area contributed by atoms with E-state index in [4.69, 9.17) is 9.84 Å². The molecular weight excluding hydrogens is 272 g/mol. The first kappa shape index (κ1) is 13.2. The Labute approximate surface area is 104 Å². The smallest absolute Gasteiger partial charge is 0.335 e. The Morgan fingerprint density at radius 1 is 1.50 bits per heavy atom. The monoisotopic (exact) mass is 286 g/mol. The zero-order valence-corrected chi connectivity index (χ0v) is 10.8. The molecule has 3 nitrogen and oxygen atoms in total. The number of ether oxygens (including phenoxy) is 1. The van der Waals surface area contributed by atoms with E-state index in [2.05, 4.69) is 22.9 Å². The second-order valence-corrected chi connectivity index (χ2v) is 4.37. The number of hydrogen-bond acceptors (Lipinski definition) is 2. The topological polar surface area (TPSA) is 46.5 Å². The van der Waals surface area contributed by atoms with E-state index in [1.807, 2.05) is 0 Å². The average Bonchev–Trinajstić information content (AvgIpc) is 2.26. The van der Waals surface area contributed by atoms with Crippen LogP contribution in [0.15, 0.2) is 22.7 Å². The Balaban J connectivity index is 2.63. The number of rotatable bonds is 6. The molecule has 1 aromatic carbocycles. The molecule has 4 heteroatoms. The molecule has 1 rings (SSSR count). The van der Waals surface area contributed by atoms with Gasteiger partial charge in [0.05, 0.1) is 12.2 Å². The van der Waals surface area contributed by atoms with E-state index in [1.165, 1.54) is 0 Å². The maximum Gasteiger partial charge on any atom is 0.335 e. The Morgan fingerprint density at radius 3 is 2.88 bits per heavy atom. The van der Waals surface area contributed by atoms with E-state index in [0.29, 0.717) is 13.2 Å². The van der Waals surface area contributed by atoms with Crippen LogP contribution < -0.4 is 0 Å². The van der Waals surface area contributed by atoms with Gasteiger partial charge >= 0.3 is 5.97 Å². The van der Waals surface area contributed by atoms with E-state index in [0.717, 1.165) is 22.9 Å². The van der Waals surface area contributed by atoms with E-state index >= 15 is 0 Å². The van der Waals surface area contributed by atoms with Crippen molar-refractivity contribution >= 4 is 21.9 Å². The second-order valence-electron chi connectivity index (χ2n) is 3.52. The summed E-state index contributed by atoms with van der Waals surface area (Å²) >= 11 is 3.38. The van der Waals surface area contributed by atoms with Crippen molar-refractivity contribution in [1.82, 2.24) is 0 Å². The minimum absolute atomic E-state index is 0.289. The van der Waals surface area contributed by atoms with Gasteiger partial charge in [-0.2, -0.15) is 0 Å². The van der Waals surface area contributed by atoms with E-state index in [9.17, 15) is 4.79 Å². The summed E-state index contributed by atoms with van der Waals surface area (Å²) in [5.74, 6) is -0.915. The quantitative estimate of drug-likeness (QED) is 0.815. The van der Waals surface area contributed by atoms with Crippen LogP contribution in [0.5, 0.6) is 0 Å². The molecule has 0 atom stereocenters. The van der Waals surface area contributed by atoms with Crippen LogP contribution in [0.2, 0.25) is 0 Å². The summed E-state index contributed by atoms with van der Waals surface area (Å²) in [5, 5.41) is 8.85. The normalized spacial score (nSPS) is 10.4. The molecule has 0 bridgehead atoms. The highest BCUT2D eigenvalue weighted by Crippen LogP contribution is 2.19. The molecule has 0 aromatic heterocycles. The highest BCUT2D eigenvalue weighted by atomic mass is 79.9. The molecule has 0 saturated heterocycles. The number of aromatic carboxylic acids is 1. The third-order valence-electron chi connectivity index (χ3n) is 2.19. The van der Waals surface area contributed by atoms with Crippen LogP contribution in [0.25, 0.3) is 0 Å². The zero-order valence-electron chi connectivity index (χ0n) is 9.20. The highest BCUT2D eigenvalue weighted by Gasteiger charge is 2.06. The molecule has 0 heterocycles. The van der Waals surface area contributed by atoms with Gasteiger partial charge in [-0.25, -0.2) is 4.79 Å². The van der Waals surface area contributed by atoms with Crippen LogP contribution in [-0.4, -0.2) is 17.7 Å². The van der Waals surface area contributed by atoms with Crippen LogP contribution in [0.4, 0.5) is 0 Å². The van der Waals surface area contributed by atoms with Gasteiger partial charge in [-0.15, -0.1) is 0 Å². The van der Waals surface area contributed by atoms with Crippen molar-refractivity contribution in [3.8, 4) is 0 Å². The number of carbonyl (C=O) groups is 1. The molecule has 0 radical (unpaired) electrons. The standard InChI is InChI=1S/C12H15BrO3/c1-2-3-6-16-8-10-7-9(12(14)15)4-5-11(10)13/h4-5,7H,2-3,6,8H2,1H3,(H,14,15). The van der Waals surface area contributed by atoms with Gasteiger partial charge in [0.1, 0.15) is 0 Å². The highest BCUT2D eigenvalue weighted by molar-refractivity contribution is 9.10. The Hall–Kier alpha value is -0.870. The summed E-state index contributed by atoms with van der Waals surface area (Å²) in [4.78, 5) is 10.8. The first-order chi connectivity index (χ1) is 7.65. The molecule has 0 unspecified atom stereocenters. The van der Waals surface area contributed by atoms with E-state index in [-0.39, 0.29) is 5.56 Å². The van der Waals surface area contributed by atoms with Crippen molar-refractivity contribution in [2.45, 2.75) is 26.4 Å². The van der Waals surface area contributed by atoms with Gasteiger partial charge < -0.3 is 9.84 Å². The molecular formula is C12H15BrO3. The fraction of sp³-hybridized carbons (Fsp3) is 0.417. The lowest BCUT2D eigenvalue weighted by Crippen LogP contribution is -2.00. The van der Waals surface area contributed by atoms with Crippen molar-refractivity contribution in [3.63, 3.8) is 0 Å². The Morgan fingerprint density at radius 2 is 2.25 bits per heavy atom. The summed E-state index contributed by atoms with van der Waals surface area (Å²) in [6.07, 6.45) is 2.12. The van der Waals surface area contributed by atoms with Gasteiger partial charge in [0, 0.05) is 11.1 Å². The zero-order chi connectivity index (χ0) is 12.0. The molecule has 0 aliphatic rings. The Bertz CT molecular complexity index is 363. The number of benzene rings is 1. The lowest BCUT2D eigenvalue weighted by Gasteiger charge is -2.06. The molecule has 16 heavy (non-hydrogen) atoms. The van der Waals surface area contributed by atoms with Crippen LogP contribution in [0.1, 0.15) is 35.7 Å². The average molecular weight is 287 g/mol. The number of carboxylic acids is 1. The molecule has 1 N–H and O–H groups in total. The molecule has 1 aromatic rings. The van der Waals surface area contributed by atoms with Crippen LogP contribution in [0, 0.1) is 0 Å². The summed E-state index contributed by atoms with van der Waals surface area (Å²) in [7, 11) is 0. The summed E-state index contributed by atoms with van der Waals surface area (Å²) < 4.78 is 6.34. The first-order valence-electron chi connectivity index (χ1n) is 5.24. The number of unbranched alkanes of at least 4 members (excludes halogenated alkanes) is 1. The fourth-order valence-electron chi connectivity index (χ4n) is 1.25. The van der Waals surface area contributed by atoms with Crippen molar-refractivity contribution in [2.75, 3.05) is 6.61 Å². The minimum Gasteiger partial charge on any atom is -0.478 e. The third-order valence-corrected chi connectivity index (χ3v) is 2.97. The van der Waals surface area contributed by atoms with Gasteiger partial charge in [0.25, 0.3) is 0 Å². The summed E-state index contributed by atoms with van der Waals surface area (Å²) in [6.45, 7) is 3.26. The van der Waals surface area contributed by atoms with Crippen LogP contribution >= 0.6 is 15.9 Å². The molecule has 0 saturated carbocycles. The van der Waals surface area contributed by atoms with Crippen LogP contribution in [-0.2, 0) is 11.3 Å².